The molecule has 0 bridgehead atoms. The van der Waals surface area contributed by atoms with Crippen LogP contribution in [0.1, 0.15) is 6.92 Å². The fourth-order valence-electron chi connectivity index (χ4n) is 2.59. The molecule has 0 radical (unpaired) electrons. The third-order valence-electron chi connectivity index (χ3n) is 3.98. The van der Waals surface area contributed by atoms with E-state index in [4.69, 9.17) is 11.6 Å². The summed E-state index contributed by atoms with van der Waals surface area (Å²) < 4.78 is 0. The van der Waals surface area contributed by atoms with Crippen molar-refractivity contribution in [3.63, 3.8) is 0 Å². The van der Waals surface area contributed by atoms with E-state index in [1.807, 2.05) is 12.1 Å². The number of para-hydroxylation sites is 1. The van der Waals surface area contributed by atoms with Crippen LogP contribution in [-0.2, 0) is 9.59 Å². The van der Waals surface area contributed by atoms with Crippen molar-refractivity contribution in [1.82, 2.24) is 0 Å². The molecule has 7 heteroatoms. The maximum absolute atomic E-state index is 12.7. The molecule has 0 fully saturated rings. The number of anilines is 2. The van der Waals surface area contributed by atoms with Crippen molar-refractivity contribution < 1.29 is 9.59 Å². The van der Waals surface area contributed by atoms with E-state index in [1.54, 1.807) is 55.5 Å². The maximum Gasteiger partial charge on any atom is 0.266 e. The third-order valence-corrected chi connectivity index (χ3v) is 4.24. The molecule has 1 heterocycles. The summed E-state index contributed by atoms with van der Waals surface area (Å²) in [6.45, 7) is 1.69. The predicted molar refractivity (Wildman–Crippen MR) is 104 cm³/mol. The van der Waals surface area contributed by atoms with Gasteiger partial charge in [0.2, 0.25) is 0 Å². The van der Waals surface area contributed by atoms with E-state index in [-0.39, 0.29) is 11.5 Å². The first-order valence-electron chi connectivity index (χ1n) is 8.12. The number of nitriles is 1. The van der Waals surface area contributed by atoms with Crippen LogP contribution in [0.15, 0.2) is 71.3 Å². The second-order valence-electron chi connectivity index (χ2n) is 5.86. The van der Waals surface area contributed by atoms with Crippen LogP contribution in [0.4, 0.5) is 11.4 Å². The highest BCUT2D eigenvalue weighted by atomic mass is 35.5. The minimum atomic E-state index is -0.768. The number of hydrogen-bond acceptors (Lipinski definition) is 4. The summed E-state index contributed by atoms with van der Waals surface area (Å²) in [5.74, 6) is -1.68. The molecular weight excluding hydrogens is 364 g/mol. The third kappa shape index (κ3) is 4.05. The topological polar surface area (TPSA) is 85.6 Å². The van der Waals surface area contributed by atoms with Crippen molar-refractivity contribution in [2.75, 3.05) is 10.3 Å². The van der Waals surface area contributed by atoms with Crippen LogP contribution in [0.25, 0.3) is 0 Å². The number of nitrogens with one attached hydrogen (secondary N) is 1. The molecule has 0 aliphatic carbocycles. The minimum Gasteiger partial charge on any atom is -0.321 e. The molecule has 1 atom stereocenters. The van der Waals surface area contributed by atoms with E-state index in [0.29, 0.717) is 22.1 Å². The number of carbonyl (C=O) groups excluding carboxylic acids is 2. The summed E-state index contributed by atoms with van der Waals surface area (Å²) in [5.41, 5.74) is 1.48. The van der Waals surface area contributed by atoms with Gasteiger partial charge in [-0.25, -0.2) is 0 Å². The minimum absolute atomic E-state index is 0.159. The average Bonchev–Trinajstić information content (AvgIpc) is 2.96. The number of nitrogens with zero attached hydrogens (tertiary/aromatic N) is 3. The molecule has 0 aromatic heterocycles. The molecular formula is C20H15ClN4O2. The number of amides is 2. The van der Waals surface area contributed by atoms with Crippen molar-refractivity contribution in [2.45, 2.75) is 6.92 Å². The summed E-state index contributed by atoms with van der Waals surface area (Å²) in [6, 6.07) is 17.3. The van der Waals surface area contributed by atoms with Crippen molar-refractivity contribution in [3.05, 3.63) is 71.3 Å². The summed E-state index contributed by atoms with van der Waals surface area (Å²) >= 11 is 5.82. The van der Waals surface area contributed by atoms with E-state index in [9.17, 15) is 14.9 Å². The quantitative estimate of drug-likeness (QED) is 0.649. The highest BCUT2D eigenvalue weighted by molar-refractivity contribution is 6.30. The van der Waals surface area contributed by atoms with Gasteiger partial charge in [0.05, 0.1) is 17.3 Å². The van der Waals surface area contributed by atoms with Gasteiger partial charge in [0, 0.05) is 10.7 Å². The van der Waals surface area contributed by atoms with E-state index in [1.165, 1.54) is 11.1 Å². The lowest BCUT2D eigenvalue weighted by Crippen LogP contribution is -2.27. The van der Waals surface area contributed by atoms with Gasteiger partial charge in [-0.15, -0.1) is 0 Å². The van der Waals surface area contributed by atoms with E-state index < -0.39 is 11.8 Å². The van der Waals surface area contributed by atoms with Gasteiger partial charge in [0.1, 0.15) is 11.6 Å². The number of halogens is 1. The predicted octanol–water partition coefficient (Wildman–Crippen LogP) is 3.77. The average molecular weight is 379 g/mol. The zero-order chi connectivity index (χ0) is 19.4. The Kier molecular flexibility index (Phi) is 5.34. The van der Waals surface area contributed by atoms with Gasteiger partial charge in [-0.3, -0.25) is 9.59 Å². The molecule has 1 aliphatic rings. The summed E-state index contributed by atoms with van der Waals surface area (Å²) in [5, 5.41) is 18.1. The molecule has 3 rings (SSSR count). The molecule has 27 heavy (non-hydrogen) atoms. The van der Waals surface area contributed by atoms with Crippen LogP contribution in [0.5, 0.6) is 0 Å². The Bertz CT molecular complexity index is 975. The first-order valence-corrected chi connectivity index (χ1v) is 8.50. The molecule has 0 spiro atoms. The van der Waals surface area contributed by atoms with Gasteiger partial charge in [-0.1, -0.05) is 29.8 Å². The van der Waals surface area contributed by atoms with Crippen molar-refractivity contribution in [1.29, 1.82) is 5.26 Å². The van der Waals surface area contributed by atoms with Crippen LogP contribution in [-0.4, -0.2) is 17.5 Å². The number of benzene rings is 2. The molecule has 0 unspecified atom stereocenters. The maximum atomic E-state index is 12.7. The van der Waals surface area contributed by atoms with Gasteiger partial charge in [-0.05, 0) is 49.4 Å². The molecule has 0 saturated carbocycles. The molecule has 1 aliphatic heterocycles. The lowest BCUT2D eigenvalue weighted by atomic mass is 10.0. The first kappa shape index (κ1) is 18.4. The highest BCUT2D eigenvalue weighted by Gasteiger charge is 2.33. The standard InChI is InChI=1S/C20H15ClN4O2/c1-13-18(20(27)25(24-13)17-5-3-2-4-6-17)11-14(12-22)19(26)23-16-9-7-15(21)8-10-16/h2-11,18H,1H3,(H,23,26)/b14-11-/t18-/m1/s1. The second kappa shape index (κ2) is 7.85. The van der Waals surface area contributed by atoms with Crippen LogP contribution < -0.4 is 10.3 Å². The Morgan fingerprint density at radius 2 is 1.89 bits per heavy atom. The Morgan fingerprint density at radius 3 is 2.52 bits per heavy atom. The molecule has 134 valence electrons. The van der Waals surface area contributed by atoms with Gasteiger partial charge in [-0.2, -0.15) is 15.4 Å². The first-order chi connectivity index (χ1) is 13.0. The second-order valence-corrected chi connectivity index (χ2v) is 6.29. The van der Waals surface area contributed by atoms with Crippen molar-refractivity contribution in [2.24, 2.45) is 11.0 Å². The van der Waals surface area contributed by atoms with Crippen LogP contribution in [0.2, 0.25) is 5.02 Å². The fourth-order valence-corrected chi connectivity index (χ4v) is 2.71. The van der Waals surface area contributed by atoms with Crippen LogP contribution in [0, 0.1) is 17.2 Å². The molecule has 2 aromatic rings. The Labute approximate surface area is 161 Å². The fraction of sp³-hybridized carbons (Fsp3) is 0.100. The molecule has 2 aromatic carbocycles. The monoisotopic (exact) mass is 378 g/mol. The molecule has 6 nitrogen and oxygen atoms in total. The Hall–Kier alpha value is -3.43. The van der Waals surface area contributed by atoms with Crippen molar-refractivity contribution in [3.8, 4) is 6.07 Å². The van der Waals surface area contributed by atoms with E-state index >= 15 is 0 Å². The lowest BCUT2D eigenvalue weighted by Gasteiger charge is -2.12. The molecule has 2 amide bonds. The van der Waals surface area contributed by atoms with Crippen LogP contribution in [0.3, 0.4) is 0 Å². The summed E-state index contributed by atoms with van der Waals surface area (Å²) in [7, 11) is 0. The number of carbonyl (C=O) groups is 2. The lowest BCUT2D eigenvalue weighted by molar-refractivity contribution is -0.118. The van der Waals surface area contributed by atoms with Gasteiger partial charge >= 0.3 is 0 Å². The number of hydrazone groups is 1. The van der Waals surface area contributed by atoms with Crippen molar-refractivity contribution >= 4 is 40.5 Å². The molecule has 1 N–H and O–H groups in total. The normalized spacial score (nSPS) is 16.7. The van der Waals surface area contributed by atoms with E-state index in [0.717, 1.165) is 0 Å². The highest BCUT2D eigenvalue weighted by Crippen LogP contribution is 2.25. The number of rotatable bonds is 4. The Balaban J connectivity index is 1.80. The van der Waals surface area contributed by atoms with Gasteiger partial charge in [0.25, 0.3) is 11.8 Å². The largest absolute Gasteiger partial charge is 0.321 e. The number of hydrogen-bond donors (Lipinski definition) is 1. The summed E-state index contributed by atoms with van der Waals surface area (Å²) in [4.78, 5) is 25.1. The van der Waals surface area contributed by atoms with Gasteiger partial charge < -0.3 is 5.32 Å². The van der Waals surface area contributed by atoms with Gasteiger partial charge in [0.15, 0.2) is 0 Å². The zero-order valence-electron chi connectivity index (χ0n) is 14.4. The smallest absolute Gasteiger partial charge is 0.266 e. The zero-order valence-corrected chi connectivity index (χ0v) is 15.1. The Morgan fingerprint density at radius 1 is 1.22 bits per heavy atom. The summed E-state index contributed by atoms with van der Waals surface area (Å²) in [6.07, 6.45) is 1.34. The van der Waals surface area contributed by atoms with E-state index in [2.05, 4.69) is 10.4 Å². The van der Waals surface area contributed by atoms with Crippen LogP contribution >= 0.6 is 11.6 Å². The SMILES string of the molecule is CC1=NN(c2ccccc2)C(=O)[C@@H]1/C=C(/C#N)C(=O)Nc1ccc(Cl)cc1. The molecule has 0 saturated heterocycles.